The van der Waals surface area contributed by atoms with E-state index in [4.69, 9.17) is 4.42 Å². The number of oxazole rings is 1. The fourth-order valence-electron chi connectivity index (χ4n) is 2.25. The van der Waals surface area contributed by atoms with E-state index in [2.05, 4.69) is 9.97 Å². The number of anilines is 1. The maximum Gasteiger partial charge on any atom is 0.426 e. The molecule has 3 aromatic rings. The Morgan fingerprint density at radius 1 is 1.19 bits per heavy atom. The number of benzene rings is 1. The van der Waals surface area contributed by atoms with Gasteiger partial charge in [-0.1, -0.05) is 12.1 Å². The summed E-state index contributed by atoms with van der Waals surface area (Å²) in [5.41, 5.74) is -3.51. The van der Waals surface area contributed by atoms with Crippen LogP contribution in [0.5, 0.6) is 5.75 Å². The molecule has 26 heavy (non-hydrogen) atoms. The van der Waals surface area contributed by atoms with E-state index in [-0.39, 0.29) is 16.9 Å². The summed E-state index contributed by atoms with van der Waals surface area (Å²) in [4.78, 5) is 19.3. The smallest absolute Gasteiger partial charge is 0.426 e. The second-order valence-corrected chi connectivity index (χ2v) is 5.44. The number of amides is 1. The summed E-state index contributed by atoms with van der Waals surface area (Å²) in [6.07, 6.45) is -5.44. The number of alkyl halides is 3. The van der Waals surface area contributed by atoms with Crippen LogP contribution in [0, 0.1) is 0 Å². The largest absolute Gasteiger partial charge is 0.504 e. The number of hydrogen-bond donors (Lipinski definition) is 3. The highest BCUT2D eigenvalue weighted by Gasteiger charge is 2.59. The molecule has 3 N–H and O–H groups in total. The topological polar surface area (TPSA) is 108 Å². The summed E-state index contributed by atoms with van der Waals surface area (Å²) >= 11 is 0. The summed E-state index contributed by atoms with van der Waals surface area (Å²) in [6, 6.07) is 8.42. The molecule has 0 aliphatic carbocycles. The predicted octanol–water partition coefficient (Wildman–Crippen LogP) is 2.71. The first kappa shape index (κ1) is 17.7. The molecular formula is C16H12F3N3O4. The van der Waals surface area contributed by atoms with Crippen molar-refractivity contribution in [3.05, 3.63) is 48.5 Å². The van der Waals surface area contributed by atoms with Crippen LogP contribution < -0.4 is 5.32 Å². The van der Waals surface area contributed by atoms with Crippen molar-refractivity contribution in [1.29, 1.82) is 0 Å². The lowest BCUT2D eigenvalue weighted by Gasteiger charge is -2.26. The molecule has 0 unspecified atom stereocenters. The number of pyridine rings is 1. The van der Waals surface area contributed by atoms with E-state index in [1.165, 1.54) is 42.6 Å². The van der Waals surface area contributed by atoms with E-state index >= 15 is 0 Å². The number of carbonyl (C=O) groups is 1. The van der Waals surface area contributed by atoms with Crippen LogP contribution in [0.4, 0.5) is 19.0 Å². The number of aromatic hydroxyl groups is 1. The fraction of sp³-hybridized carbons (Fsp3) is 0.188. The molecule has 1 amide bonds. The molecular weight excluding hydrogens is 355 g/mol. The number of nitrogens with one attached hydrogen (secondary N) is 1. The zero-order valence-corrected chi connectivity index (χ0v) is 13.0. The minimum Gasteiger partial charge on any atom is -0.504 e. The van der Waals surface area contributed by atoms with Crippen LogP contribution in [0.1, 0.15) is 12.3 Å². The average Bonchev–Trinajstić information content (AvgIpc) is 3.00. The number of nitrogens with zero attached hydrogens (tertiary/aromatic N) is 2. The van der Waals surface area contributed by atoms with Gasteiger partial charge in [0.25, 0.3) is 0 Å². The first-order valence-electron chi connectivity index (χ1n) is 7.30. The van der Waals surface area contributed by atoms with Crippen molar-refractivity contribution in [1.82, 2.24) is 9.97 Å². The molecule has 0 aliphatic rings. The average molecular weight is 367 g/mol. The number of hydrogen-bond acceptors (Lipinski definition) is 6. The van der Waals surface area contributed by atoms with Gasteiger partial charge in [-0.2, -0.15) is 13.2 Å². The van der Waals surface area contributed by atoms with E-state index in [9.17, 15) is 28.2 Å². The molecule has 136 valence electrons. The molecule has 3 rings (SSSR count). The second kappa shape index (κ2) is 6.30. The van der Waals surface area contributed by atoms with Gasteiger partial charge >= 0.3 is 6.18 Å². The number of para-hydroxylation sites is 2. The Hall–Kier alpha value is -3.14. The predicted molar refractivity (Wildman–Crippen MR) is 83.1 cm³/mol. The monoisotopic (exact) mass is 367 g/mol. The van der Waals surface area contributed by atoms with Crippen LogP contribution in [0.25, 0.3) is 11.1 Å². The van der Waals surface area contributed by atoms with Crippen LogP contribution >= 0.6 is 0 Å². The third-order valence-electron chi connectivity index (χ3n) is 3.58. The standard InChI is InChI=1S/C16H12F3N3O4/c17-16(18,19)15(25,14-21-9-4-1-2-6-11(9)26-14)8-12(24)22-13-10(23)5-3-7-20-13/h1-7,23,25H,8H2,(H,20,22,24)/t15-/m1/s1. The Morgan fingerprint density at radius 2 is 1.92 bits per heavy atom. The van der Waals surface area contributed by atoms with Gasteiger partial charge in [0.2, 0.25) is 17.4 Å². The van der Waals surface area contributed by atoms with Gasteiger partial charge in [-0.05, 0) is 24.3 Å². The zero-order valence-electron chi connectivity index (χ0n) is 13.0. The molecule has 2 aromatic heterocycles. The van der Waals surface area contributed by atoms with Crippen molar-refractivity contribution < 1.29 is 32.6 Å². The summed E-state index contributed by atoms with van der Waals surface area (Å²) < 4.78 is 45.5. The van der Waals surface area contributed by atoms with E-state index in [1.54, 1.807) is 0 Å². The summed E-state index contributed by atoms with van der Waals surface area (Å²) in [7, 11) is 0. The number of rotatable bonds is 4. The van der Waals surface area contributed by atoms with Crippen LogP contribution in [-0.2, 0) is 10.4 Å². The van der Waals surface area contributed by atoms with Gasteiger partial charge in [-0.25, -0.2) is 9.97 Å². The molecule has 0 saturated heterocycles. The number of fused-ring (bicyclic) bond motifs is 1. The van der Waals surface area contributed by atoms with E-state index in [0.717, 1.165) is 0 Å². The Bertz CT molecular complexity index is 924. The maximum absolute atomic E-state index is 13.5. The van der Waals surface area contributed by atoms with Crippen molar-refractivity contribution in [2.75, 3.05) is 5.32 Å². The van der Waals surface area contributed by atoms with E-state index < -0.39 is 35.7 Å². The Labute approximate surface area is 144 Å². The van der Waals surface area contributed by atoms with Crippen molar-refractivity contribution in [2.24, 2.45) is 0 Å². The molecule has 0 aliphatic heterocycles. The molecule has 0 bridgehead atoms. The summed E-state index contributed by atoms with van der Waals surface area (Å²) in [6.45, 7) is 0. The third kappa shape index (κ3) is 3.18. The van der Waals surface area contributed by atoms with Crippen molar-refractivity contribution in [3.63, 3.8) is 0 Å². The molecule has 1 aromatic carbocycles. The normalized spacial score (nSPS) is 14.2. The molecule has 10 heteroatoms. The van der Waals surface area contributed by atoms with Gasteiger partial charge in [0.05, 0.1) is 6.42 Å². The van der Waals surface area contributed by atoms with Crippen LogP contribution in [0.15, 0.2) is 47.0 Å². The molecule has 2 heterocycles. The SMILES string of the molecule is O=C(C[C@@](O)(c1nc2ccccc2o1)C(F)(F)F)Nc1ncccc1O. The Balaban J connectivity index is 1.93. The van der Waals surface area contributed by atoms with E-state index in [1.807, 2.05) is 5.32 Å². The van der Waals surface area contributed by atoms with Gasteiger partial charge in [-0.3, -0.25) is 4.79 Å². The van der Waals surface area contributed by atoms with Gasteiger partial charge in [0, 0.05) is 6.20 Å². The highest BCUT2D eigenvalue weighted by molar-refractivity contribution is 5.91. The first-order valence-corrected chi connectivity index (χ1v) is 7.30. The summed E-state index contributed by atoms with van der Waals surface area (Å²) in [5.74, 6) is -3.05. The number of carbonyl (C=O) groups excluding carboxylic acids is 1. The molecule has 0 radical (unpaired) electrons. The fourth-order valence-corrected chi connectivity index (χ4v) is 2.25. The lowest BCUT2D eigenvalue weighted by atomic mass is 9.98. The lowest BCUT2D eigenvalue weighted by Crippen LogP contribution is -2.45. The first-order chi connectivity index (χ1) is 12.2. The van der Waals surface area contributed by atoms with Gasteiger partial charge in [0.15, 0.2) is 17.2 Å². The lowest BCUT2D eigenvalue weighted by molar-refractivity contribution is -0.274. The van der Waals surface area contributed by atoms with Gasteiger partial charge in [-0.15, -0.1) is 0 Å². The van der Waals surface area contributed by atoms with Crippen molar-refractivity contribution >= 4 is 22.8 Å². The minimum atomic E-state index is -5.24. The molecule has 0 spiro atoms. The zero-order chi connectivity index (χ0) is 18.9. The number of aliphatic hydroxyl groups is 1. The van der Waals surface area contributed by atoms with Crippen molar-refractivity contribution in [3.8, 4) is 5.75 Å². The van der Waals surface area contributed by atoms with Crippen LogP contribution in [0.3, 0.4) is 0 Å². The Kier molecular flexibility index (Phi) is 4.28. The maximum atomic E-state index is 13.5. The van der Waals surface area contributed by atoms with Gasteiger partial charge < -0.3 is 19.9 Å². The summed E-state index contributed by atoms with van der Waals surface area (Å²) in [5, 5.41) is 21.8. The van der Waals surface area contributed by atoms with Gasteiger partial charge in [0.1, 0.15) is 5.52 Å². The quantitative estimate of drug-likeness (QED) is 0.654. The molecule has 7 nitrogen and oxygen atoms in total. The third-order valence-corrected chi connectivity index (χ3v) is 3.58. The molecule has 1 atom stereocenters. The van der Waals surface area contributed by atoms with Crippen LogP contribution in [-0.4, -0.2) is 32.3 Å². The second-order valence-electron chi connectivity index (χ2n) is 5.44. The highest BCUT2D eigenvalue weighted by atomic mass is 19.4. The van der Waals surface area contributed by atoms with Crippen molar-refractivity contribution in [2.45, 2.75) is 18.2 Å². The van der Waals surface area contributed by atoms with E-state index in [0.29, 0.717) is 0 Å². The van der Waals surface area contributed by atoms with Crippen LogP contribution in [0.2, 0.25) is 0 Å². The molecule has 0 saturated carbocycles. The molecule has 0 fully saturated rings. The number of halogens is 3. The number of aromatic nitrogens is 2. The minimum absolute atomic E-state index is 0.0351. The highest BCUT2D eigenvalue weighted by Crippen LogP contribution is 2.42. The Morgan fingerprint density at radius 3 is 2.58 bits per heavy atom.